The minimum absolute atomic E-state index is 0.862. The van der Waals surface area contributed by atoms with Crippen molar-refractivity contribution in [2.75, 3.05) is 6.26 Å². The highest BCUT2D eigenvalue weighted by Crippen LogP contribution is 2.22. The number of imidazole rings is 1. The van der Waals surface area contributed by atoms with Crippen LogP contribution >= 0.6 is 11.8 Å². The van der Waals surface area contributed by atoms with Gasteiger partial charge in [-0.15, -0.1) is 0 Å². The zero-order chi connectivity index (χ0) is 10.7. The van der Waals surface area contributed by atoms with Crippen LogP contribution < -0.4 is 0 Å². The molecule has 4 heteroatoms. The molecule has 0 spiro atoms. The van der Waals surface area contributed by atoms with E-state index in [0.717, 1.165) is 23.2 Å². The molecule has 80 valence electrons. The van der Waals surface area contributed by atoms with Gasteiger partial charge in [0, 0.05) is 12.7 Å². The van der Waals surface area contributed by atoms with E-state index in [2.05, 4.69) is 27.7 Å². The van der Waals surface area contributed by atoms with E-state index in [1.807, 2.05) is 18.4 Å². The van der Waals surface area contributed by atoms with Crippen molar-refractivity contribution in [3.8, 4) is 11.5 Å². The summed E-state index contributed by atoms with van der Waals surface area (Å²) in [5.41, 5.74) is 0.998. The van der Waals surface area contributed by atoms with E-state index in [1.54, 1.807) is 11.8 Å². The second-order valence-electron chi connectivity index (χ2n) is 3.47. The van der Waals surface area contributed by atoms with E-state index in [0.29, 0.717) is 0 Å². The topological polar surface area (TPSA) is 30.7 Å². The fourth-order valence-electron chi connectivity index (χ4n) is 1.56. The van der Waals surface area contributed by atoms with Crippen LogP contribution in [0.3, 0.4) is 0 Å². The maximum atomic E-state index is 4.50. The third-order valence-corrected chi connectivity index (χ3v) is 2.92. The van der Waals surface area contributed by atoms with Gasteiger partial charge in [0.2, 0.25) is 0 Å². The maximum Gasteiger partial charge on any atom is 0.190 e. The van der Waals surface area contributed by atoms with Crippen LogP contribution in [0.2, 0.25) is 0 Å². The summed E-state index contributed by atoms with van der Waals surface area (Å²) in [4.78, 5) is 8.93. The molecular weight excluding hydrogens is 206 g/mol. The van der Waals surface area contributed by atoms with E-state index in [9.17, 15) is 0 Å². The molecule has 0 saturated carbocycles. The van der Waals surface area contributed by atoms with Crippen LogP contribution in [-0.2, 0) is 6.54 Å². The van der Waals surface area contributed by atoms with Gasteiger partial charge < -0.3 is 4.57 Å². The minimum Gasteiger partial charge on any atom is -0.331 e. The summed E-state index contributed by atoms with van der Waals surface area (Å²) in [7, 11) is 0. The molecule has 3 nitrogen and oxygen atoms in total. The number of unbranched alkanes of at least 4 members (excludes halogenated alkanes) is 1. The first-order chi connectivity index (χ1) is 7.35. The maximum absolute atomic E-state index is 4.50. The fraction of sp³-hybridized carbons (Fsp3) is 0.455. The largest absolute Gasteiger partial charge is 0.331 e. The number of fused-ring (bicyclic) bond motifs is 1. The van der Waals surface area contributed by atoms with Gasteiger partial charge in [-0.25, -0.2) is 9.97 Å². The third kappa shape index (κ3) is 2.15. The van der Waals surface area contributed by atoms with Gasteiger partial charge in [-0.3, -0.25) is 0 Å². The first kappa shape index (κ1) is 10.5. The molecular formula is C11H15N3S. The van der Waals surface area contributed by atoms with Crippen LogP contribution in [0.15, 0.2) is 23.5 Å². The highest BCUT2D eigenvalue weighted by atomic mass is 32.2. The Morgan fingerprint density at radius 3 is 3.00 bits per heavy atom. The van der Waals surface area contributed by atoms with Crippen LogP contribution in [0.4, 0.5) is 0 Å². The predicted octanol–water partition coefficient (Wildman–Crippen LogP) is 2.90. The quantitative estimate of drug-likeness (QED) is 0.744. The van der Waals surface area contributed by atoms with Gasteiger partial charge in [0.05, 0.1) is 0 Å². The molecule has 0 aliphatic carbocycles. The smallest absolute Gasteiger partial charge is 0.190 e. The number of hydrogen-bond donors (Lipinski definition) is 0. The van der Waals surface area contributed by atoms with Gasteiger partial charge in [0.15, 0.2) is 11.0 Å². The Labute approximate surface area is 94.3 Å². The lowest BCUT2D eigenvalue weighted by atomic mass is 10.3. The van der Waals surface area contributed by atoms with Crippen molar-refractivity contribution in [3.63, 3.8) is 0 Å². The summed E-state index contributed by atoms with van der Waals surface area (Å²) in [6.45, 7) is 3.23. The van der Waals surface area contributed by atoms with Crippen LogP contribution in [-0.4, -0.2) is 20.8 Å². The molecule has 0 bridgehead atoms. The van der Waals surface area contributed by atoms with Crippen molar-refractivity contribution in [1.82, 2.24) is 14.5 Å². The summed E-state index contributed by atoms with van der Waals surface area (Å²) in [5, 5.41) is 0.862. The van der Waals surface area contributed by atoms with Crippen molar-refractivity contribution in [2.24, 2.45) is 0 Å². The molecule has 2 aliphatic rings. The zero-order valence-electron chi connectivity index (χ0n) is 9.10. The van der Waals surface area contributed by atoms with E-state index < -0.39 is 0 Å². The summed E-state index contributed by atoms with van der Waals surface area (Å²) in [5.74, 6) is 1.01. The summed E-state index contributed by atoms with van der Waals surface area (Å²) in [6.07, 6.45) is 6.47. The van der Waals surface area contributed by atoms with E-state index in [1.165, 1.54) is 12.8 Å². The molecule has 0 fully saturated rings. The molecule has 2 rings (SSSR count). The first-order valence-electron chi connectivity index (χ1n) is 5.22. The van der Waals surface area contributed by atoms with Crippen molar-refractivity contribution >= 4 is 11.8 Å². The van der Waals surface area contributed by atoms with Gasteiger partial charge in [-0.05, 0) is 24.8 Å². The van der Waals surface area contributed by atoms with Crippen molar-refractivity contribution < 1.29 is 0 Å². The Hall–Kier alpha value is -1.03. The van der Waals surface area contributed by atoms with E-state index >= 15 is 0 Å². The molecule has 0 aromatic carbocycles. The molecule has 15 heavy (non-hydrogen) atoms. The van der Waals surface area contributed by atoms with Crippen LogP contribution in [0.25, 0.3) is 11.5 Å². The SMILES string of the molecule is CCCCn1cccc2nc(SC)nc1-2. The average Bonchev–Trinajstić information content (AvgIpc) is 2.69. The lowest BCUT2D eigenvalue weighted by Crippen LogP contribution is -2.02. The summed E-state index contributed by atoms with van der Waals surface area (Å²) < 4.78 is 2.19. The monoisotopic (exact) mass is 221 g/mol. The number of hydrogen-bond acceptors (Lipinski definition) is 3. The number of aryl methyl sites for hydroxylation is 1. The van der Waals surface area contributed by atoms with Gasteiger partial charge in [0.1, 0.15) is 5.69 Å². The molecule has 0 radical (unpaired) electrons. The molecule has 0 aromatic heterocycles. The minimum atomic E-state index is 0.862. The Bertz CT molecular complexity index is 411. The van der Waals surface area contributed by atoms with Crippen LogP contribution in [0.5, 0.6) is 0 Å². The predicted molar refractivity (Wildman–Crippen MR) is 63.3 cm³/mol. The second-order valence-corrected chi connectivity index (χ2v) is 4.25. The number of aromatic nitrogens is 3. The molecule has 0 saturated heterocycles. The average molecular weight is 221 g/mol. The number of thioether (sulfide) groups is 1. The van der Waals surface area contributed by atoms with Crippen LogP contribution in [0, 0.1) is 0 Å². The van der Waals surface area contributed by atoms with Crippen molar-refractivity contribution in [1.29, 1.82) is 0 Å². The van der Waals surface area contributed by atoms with Crippen molar-refractivity contribution in [3.05, 3.63) is 18.3 Å². The number of nitrogens with zero attached hydrogens (tertiary/aromatic N) is 3. The van der Waals surface area contributed by atoms with Gasteiger partial charge in [-0.1, -0.05) is 25.1 Å². The van der Waals surface area contributed by atoms with Gasteiger partial charge in [-0.2, -0.15) is 0 Å². The van der Waals surface area contributed by atoms with E-state index in [-0.39, 0.29) is 0 Å². The van der Waals surface area contributed by atoms with Crippen LogP contribution in [0.1, 0.15) is 19.8 Å². The molecule has 0 amide bonds. The van der Waals surface area contributed by atoms with Gasteiger partial charge >= 0.3 is 0 Å². The van der Waals surface area contributed by atoms with E-state index in [4.69, 9.17) is 0 Å². The molecule has 0 aromatic rings. The molecule has 0 atom stereocenters. The normalized spacial score (nSPS) is 11.1. The standard InChI is InChI=1S/C11H15N3S/c1-3-4-7-14-8-5-6-9-10(14)13-11(12-9)15-2/h5-6,8H,3-4,7H2,1-2H3. The third-order valence-electron chi connectivity index (χ3n) is 2.37. The lowest BCUT2D eigenvalue weighted by Gasteiger charge is -2.08. The Balaban J connectivity index is 2.35. The highest BCUT2D eigenvalue weighted by molar-refractivity contribution is 7.98. The van der Waals surface area contributed by atoms with Gasteiger partial charge in [0.25, 0.3) is 0 Å². The number of pyridine rings is 1. The summed E-state index contributed by atoms with van der Waals surface area (Å²) in [6, 6.07) is 4.06. The second kappa shape index (κ2) is 4.66. The lowest BCUT2D eigenvalue weighted by molar-refractivity contribution is 0.627. The highest BCUT2D eigenvalue weighted by Gasteiger charge is 2.12. The Kier molecular flexibility index (Phi) is 3.26. The molecule has 2 aliphatic heterocycles. The first-order valence-corrected chi connectivity index (χ1v) is 6.44. The molecule has 0 N–H and O–H groups in total. The molecule has 0 unspecified atom stereocenters. The zero-order valence-corrected chi connectivity index (χ0v) is 9.92. The number of rotatable bonds is 4. The Morgan fingerprint density at radius 2 is 2.27 bits per heavy atom. The van der Waals surface area contributed by atoms with Crippen molar-refractivity contribution in [2.45, 2.75) is 31.5 Å². The summed E-state index contributed by atoms with van der Waals surface area (Å²) >= 11 is 1.59. The fourth-order valence-corrected chi connectivity index (χ4v) is 1.93. The molecule has 2 heterocycles. The Morgan fingerprint density at radius 1 is 1.40 bits per heavy atom.